The highest BCUT2D eigenvalue weighted by atomic mass is 16.6. The predicted octanol–water partition coefficient (Wildman–Crippen LogP) is 2.90. The minimum atomic E-state index is -0.453. The van der Waals surface area contributed by atoms with E-state index in [-0.39, 0.29) is 25.0 Å². The van der Waals surface area contributed by atoms with Gasteiger partial charge >= 0.3 is 11.9 Å². The second-order valence-electron chi connectivity index (χ2n) is 5.24. The minimum Gasteiger partial charge on any atom is -0.461 e. The van der Waals surface area contributed by atoms with Crippen molar-refractivity contribution >= 4 is 11.9 Å². The number of fused-ring (bicyclic) bond motifs is 1. The number of benzene rings is 2. The van der Waals surface area contributed by atoms with Crippen molar-refractivity contribution in [1.29, 1.82) is 0 Å². The molecular formula is C18H16O4. The van der Waals surface area contributed by atoms with E-state index < -0.39 is 6.10 Å². The third-order valence-electron chi connectivity index (χ3n) is 3.60. The highest BCUT2D eigenvalue weighted by Crippen LogP contribution is 2.22. The van der Waals surface area contributed by atoms with Crippen LogP contribution in [0.15, 0.2) is 54.6 Å². The largest absolute Gasteiger partial charge is 0.461 e. The average molecular weight is 296 g/mol. The minimum absolute atomic E-state index is 0.0763. The van der Waals surface area contributed by atoms with Crippen molar-refractivity contribution in [3.63, 3.8) is 0 Å². The second kappa shape index (κ2) is 6.43. The van der Waals surface area contributed by atoms with Crippen molar-refractivity contribution in [2.24, 2.45) is 0 Å². The fraction of sp³-hybridized carbons (Fsp3) is 0.222. The molecule has 1 aliphatic heterocycles. The first-order valence-electron chi connectivity index (χ1n) is 7.21. The van der Waals surface area contributed by atoms with Gasteiger partial charge in [-0.05, 0) is 17.2 Å². The van der Waals surface area contributed by atoms with Gasteiger partial charge in [0, 0.05) is 6.42 Å². The molecule has 3 rings (SSSR count). The van der Waals surface area contributed by atoms with Crippen LogP contribution in [0.2, 0.25) is 0 Å². The molecule has 0 saturated heterocycles. The monoisotopic (exact) mass is 296 g/mol. The highest BCUT2D eigenvalue weighted by Gasteiger charge is 2.28. The Morgan fingerprint density at radius 1 is 1.09 bits per heavy atom. The smallest absolute Gasteiger partial charge is 0.338 e. The summed E-state index contributed by atoms with van der Waals surface area (Å²) in [6.07, 6.45) is 0.167. The first-order chi connectivity index (χ1) is 10.7. The number of cyclic esters (lactones) is 1. The van der Waals surface area contributed by atoms with E-state index in [1.54, 1.807) is 12.1 Å². The molecule has 2 aromatic rings. The molecule has 0 saturated carbocycles. The molecule has 0 fully saturated rings. The topological polar surface area (TPSA) is 52.6 Å². The SMILES string of the molecule is O=C(CC1Cc2ccccc2C(=O)O1)OCc1ccccc1. The summed E-state index contributed by atoms with van der Waals surface area (Å²) in [6, 6.07) is 16.8. The Balaban J connectivity index is 1.56. The lowest BCUT2D eigenvalue weighted by Crippen LogP contribution is -2.30. The Morgan fingerprint density at radius 3 is 2.64 bits per heavy atom. The van der Waals surface area contributed by atoms with Crippen LogP contribution in [0.1, 0.15) is 27.9 Å². The van der Waals surface area contributed by atoms with E-state index in [2.05, 4.69) is 0 Å². The number of carbonyl (C=O) groups is 2. The molecule has 0 spiro atoms. The summed E-state index contributed by atoms with van der Waals surface area (Å²) in [7, 11) is 0. The van der Waals surface area contributed by atoms with Gasteiger partial charge in [-0.25, -0.2) is 4.79 Å². The van der Waals surface area contributed by atoms with Gasteiger partial charge in [-0.2, -0.15) is 0 Å². The first-order valence-corrected chi connectivity index (χ1v) is 7.21. The Kier molecular flexibility index (Phi) is 4.19. The molecule has 1 unspecified atom stereocenters. The molecule has 0 radical (unpaired) electrons. The van der Waals surface area contributed by atoms with Crippen LogP contribution in [0.25, 0.3) is 0 Å². The van der Waals surface area contributed by atoms with Gasteiger partial charge in [0.2, 0.25) is 0 Å². The Morgan fingerprint density at radius 2 is 1.82 bits per heavy atom. The van der Waals surface area contributed by atoms with E-state index in [0.29, 0.717) is 12.0 Å². The van der Waals surface area contributed by atoms with Gasteiger partial charge in [0.15, 0.2) is 0 Å². The number of hydrogen-bond acceptors (Lipinski definition) is 4. The summed E-state index contributed by atoms with van der Waals surface area (Å²) in [5.41, 5.74) is 2.43. The molecule has 0 bridgehead atoms. The van der Waals surface area contributed by atoms with Crippen LogP contribution in [0.5, 0.6) is 0 Å². The van der Waals surface area contributed by atoms with E-state index in [0.717, 1.165) is 11.1 Å². The molecule has 112 valence electrons. The molecule has 1 heterocycles. The fourth-order valence-electron chi connectivity index (χ4n) is 2.50. The Labute approximate surface area is 128 Å². The van der Waals surface area contributed by atoms with Crippen molar-refractivity contribution in [1.82, 2.24) is 0 Å². The summed E-state index contributed by atoms with van der Waals surface area (Å²) in [5, 5.41) is 0. The van der Waals surface area contributed by atoms with Crippen LogP contribution in [-0.2, 0) is 27.3 Å². The molecule has 1 atom stereocenters. The quantitative estimate of drug-likeness (QED) is 0.814. The molecule has 4 heteroatoms. The molecule has 0 aliphatic carbocycles. The summed E-state index contributed by atoms with van der Waals surface area (Å²) in [4.78, 5) is 23.8. The van der Waals surface area contributed by atoms with E-state index in [4.69, 9.17) is 9.47 Å². The van der Waals surface area contributed by atoms with E-state index in [9.17, 15) is 9.59 Å². The average Bonchev–Trinajstić information content (AvgIpc) is 2.54. The fourth-order valence-corrected chi connectivity index (χ4v) is 2.50. The normalized spacial score (nSPS) is 16.5. The number of carbonyl (C=O) groups excluding carboxylic acids is 2. The van der Waals surface area contributed by atoms with Gasteiger partial charge in [0.25, 0.3) is 0 Å². The third kappa shape index (κ3) is 3.34. The van der Waals surface area contributed by atoms with Crippen molar-refractivity contribution < 1.29 is 19.1 Å². The summed E-state index contributed by atoms with van der Waals surface area (Å²) < 4.78 is 10.5. The standard InChI is InChI=1S/C18H16O4/c19-17(21-12-13-6-2-1-3-7-13)11-15-10-14-8-4-5-9-16(14)18(20)22-15/h1-9,15H,10-12H2. The van der Waals surface area contributed by atoms with Crippen molar-refractivity contribution in [2.45, 2.75) is 25.6 Å². The second-order valence-corrected chi connectivity index (χ2v) is 5.24. The maximum absolute atomic E-state index is 11.9. The van der Waals surface area contributed by atoms with E-state index in [1.165, 1.54) is 0 Å². The highest BCUT2D eigenvalue weighted by molar-refractivity contribution is 5.92. The lowest BCUT2D eigenvalue weighted by atomic mass is 9.97. The van der Waals surface area contributed by atoms with Gasteiger partial charge in [0.1, 0.15) is 12.7 Å². The van der Waals surface area contributed by atoms with Gasteiger partial charge in [0.05, 0.1) is 12.0 Å². The molecule has 0 amide bonds. The van der Waals surface area contributed by atoms with E-state index in [1.807, 2.05) is 42.5 Å². The number of hydrogen-bond donors (Lipinski definition) is 0. The number of rotatable bonds is 4. The summed E-state index contributed by atoms with van der Waals surface area (Å²) in [6.45, 7) is 0.233. The predicted molar refractivity (Wildman–Crippen MR) is 80.2 cm³/mol. The number of ether oxygens (including phenoxy) is 2. The van der Waals surface area contributed by atoms with Crippen LogP contribution in [0.3, 0.4) is 0 Å². The maximum atomic E-state index is 11.9. The molecular weight excluding hydrogens is 280 g/mol. The van der Waals surface area contributed by atoms with Crippen LogP contribution >= 0.6 is 0 Å². The molecule has 2 aromatic carbocycles. The summed E-state index contributed by atoms with van der Waals surface area (Å²) in [5.74, 6) is -0.733. The zero-order valence-corrected chi connectivity index (χ0v) is 12.0. The summed E-state index contributed by atoms with van der Waals surface area (Å²) >= 11 is 0. The molecule has 1 aliphatic rings. The van der Waals surface area contributed by atoms with Gasteiger partial charge < -0.3 is 9.47 Å². The zero-order valence-electron chi connectivity index (χ0n) is 12.0. The van der Waals surface area contributed by atoms with Crippen LogP contribution in [-0.4, -0.2) is 18.0 Å². The number of esters is 2. The third-order valence-corrected chi connectivity index (χ3v) is 3.60. The van der Waals surface area contributed by atoms with Crippen LogP contribution in [0, 0.1) is 0 Å². The lowest BCUT2D eigenvalue weighted by molar-refractivity contribution is -0.147. The Bertz CT molecular complexity index is 678. The van der Waals surface area contributed by atoms with Crippen molar-refractivity contribution in [2.75, 3.05) is 0 Å². The van der Waals surface area contributed by atoms with Crippen LogP contribution in [0.4, 0.5) is 0 Å². The van der Waals surface area contributed by atoms with Crippen molar-refractivity contribution in [3.05, 3.63) is 71.3 Å². The zero-order chi connectivity index (χ0) is 15.4. The van der Waals surface area contributed by atoms with Crippen molar-refractivity contribution in [3.8, 4) is 0 Å². The van der Waals surface area contributed by atoms with Gasteiger partial charge in [-0.15, -0.1) is 0 Å². The molecule has 22 heavy (non-hydrogen) atoms. The first kappa shape index (κ1) is 14.3. The Hall–Kier alpha value is -2.62. The maximum Gasteiger partial charge on any atom is 0.338 e. The van der Waals surface area contributed by atoms with Crippen LogP contribution < -0.4 is 0 Å². The van der Waals surface area contributed by atoms with E-state index >= 15 is 0 Å². The molecule has 4 nitrogen and oxygen atoms in total. The lowest BCUT2D eigenvalue weighted by Gasteiger charge is -2.23. The van der Waals surface area contributed by atoms with Gasteiger partial charge in [-0.1, -0.05) is 48.5 Å². The van der Waals surface area contributed by atoms with Gasteiger partial charge in [-0.3, -0.25) is 4.79 Å². The molecule has 0 aromatic heterocycles. The molecule has 0 N–H and O–H groups in total.